The molecule has 3 rings (SSSR count). The quantitative estimate of drug-likeness (QED) is 0.525. The third-order valence-corrected chi connectivity index (χ3v) is 6.63. The molecule has 142 valence electrons. The van der Waals surface area contributed by atoms with Gasteiger partial charge in [-0.2, -0.15) is 8.42 Å². The van der Waals surface area contributed by atoms with Gasteiger partial charge in [-0.1, -0.05) is 65.3 Å². The maximum atomic E-state index is 12.6. The van der Waals surface area contributed by atoms with E-state index < -0.39 is 26.9 Å². The number of nitrogens with zero attached hydrogens (tertiary/aromatic N) is 1. The second kappa shape index (κ2) is 8.12. The molecule has 1 heterocycles. The Morgan fingerprint density at radius 3 is 2.30 bits per heavy atom. The SMILES string of the molecule is O=C1NC(S(=O)(=O)O)C(Cl)=CN1C(Sc1ccc(Cl)cc1)c1ccccc1. The Morgan fingerprint density at radius 1 is 1.07 bits per heavy atom. The summed E-state index contributed by atoms with van der Waals surface area (Å²) in [6.07, 6.45) is 1.22. The van der Waals surface area contributed by atoms with Crippen LogP contribution in [0, 0.1) is 0 Å². The van der Waals surface area contributed by atoms with Crippen molar-refractivity contribution in [2.24, 2.45) is 0 Å². The van der Waals surface area contributed by atoms with Gasteiger partial charge < -0.3 is 5.32 Å². The number of hydrogen-bond acceptors (Lipinski definition) is 4. The minimum atomic E-state index is -4.57. The highest BCUT2D eigenvalue weighted by Crippen LogP contribution is 2.40. The zero-order chi connectivity index (χ0) is 19.6. The van der Waals surface area contributed by atoms with Crippen molar-refractivity contribution in [1.82, 2.24) is 10.2 Å². The predicted molar refractivity (Wildman–Crippen MR) is 106 cm³/mol. The van der Waals surface area contributed by atoms with Gasteiger partial charge in [-0.15, -0.1) is 0 Å². The van der Waals surface area contributed by atoms with Crippen molar-refractivity contribution in [2.45, 2.75) is 15.6 Å². The number of urea groups is 1. The molecule has 2 N–H and O–H groups in total. The van der Waals surface area contributed by atoms with Gasteiger partial charge in [0.25, 0.3) is 10.1 Å². The average Bonchev–Trinajstić information content (AvgIpc) is 2.63. The van der Waals surface area contributed by atoms with Crippen molar-refractivity contribution in [1.29, 1.82) is 0 Å². The normalized spacial score (nSPS) is 18.6. The Labute approximate surface area is 170 Å². The Kier molecular flexibility index (Phi) is 6.02. The molecule has 0 saturated carbocycles. The third kappa shape index (κ3) is 4.77. The van der Waals surface area contributed by atoms with Gasteiger partial charge in [0.2, 0.25) is 0 Å². The molecule has 2 unspecified atom stereocenters. The van der Waals surface area contributed by atoms with Gasteiger partial charge in [-0.05, 0) is 29.8 Å². The van der Waals surface area contributed by atoms with E-state index in [4.69, 9.17) is 23.2 Å². The lowest BCUT2D eigenvalue weighted by molar-refractivity contribution is 0.208. The molecule has 0 aromatic heterocycles. The van der Waals surface area contributed by atoms with E-state index in [-0.39, 0.29) is 5.03 Å². The molecule has 27 heavy (non-hydrogen) atoms. The van der Waals surface area contributed by atoms with Crippen molar-refractivity contribution >= 4 is 51.1 Å². The van der Waals surface area contributed by atoms with Crippen molar-refractivity contribution < 1.29 is 17.8 Å². The Hall–Kier alpha value is -1.71. The number of carbonyl (C=O) groups is 1. The third-order valence-electron chi connectivity index (χ3n) is 3.70. The Balaban J connectivity index is 1.99. The fourth-order valence-corrected chi connectivity index (χ4v) is 4.78. The highest BCUT2D eigenvalue weighted by atomic mass is 35.5. The largest absolute Gasteiger partial charge is 0.324 e. The molecule has 0 saturated heterocycles. The van der Waals surface area contributed by atoms with Gasteiger partial charge in [-0.3, -0.25) is 9.45 Å². The van der Waals surface area contributed by atoms with Crippen molar-refractivity contribution in [3.63, 3.8) is 0 Å². The standard InChI is InChI=1S/C17H14Cl2N2O4S2/c18-12-6-8-13(9-7-12)26-16(11-4-2-1-3-5-11)21-10-14(19)15(20-17(21)22)27(23,24)25/h1-10,15-16H,(H,20,22)(H,23,24,25). The number of hydrogen-bond donors (Lipinski definition) is 2. The van der Waals surface area contributed by atoms with Gasteiger partial charge in [0.15, 0.2) is 5.37 Å². The first-order valence-electron chi connectivity index (χ1n) is 7.65. The molecule has 2 aromatic carbocycles. The molecule has 2 atom stereocenters. The number of amides is 2. The fourth-order valence-electron chi connectivity index (χ4n) is 2.45. The highest BCUT2D eigenvalue weighted by Gasteiger charge is 2.37. The number of benzene rings is 2. The number of carbonyl (C=O) groups excluding carboxylic acids is 1. The van der Waals surface area contributed by atoms with E-state index in [0.29, 0.717) is 5.02 Å². The monoisotopic (exact) mass is 444 g/mol. The molecule has 6 nitrogen and oxygen atoms in total. The molecule has 2 aromatic rings. The Bertz CT molecular complexity index is 966. The van der Waals surface area contributed by atoms with Crippen LogP contribution in [0.5, 0.6) is 0 Å². The minimum Gasteiger partial charge on any atom is -0.314 e. The van der Waals surface area contributed by atoms with Crippen LogP contribution in [-0.2, 0) is 10.1 Å². The van der Waals surface area contributed by atoms with E-state index in [1.807, 2.05) is 42.5 Å². The maximum absolute atomic E-state index is 12.6. The second-order valence-electron chi connectivity index (χ2n) is 5.60. The maximum Gasteiger partial charge on any atom is 0.324 e. The first-order chi connectivity index (χ1) is 12.8. The summed E-state index contributed by atoms with van der Waals surface area (Å²) in [4.78, 5) is 14.7. The Morgan fingerprint density at radius 2 is 1.70 bits per heavy atom. The topological polar surface area (TPSA) is 86.7 Å². The van der Waals surface area contributed by atoms with Crippen LogP contribution < -0.4 is 5.32 Å². The van der Waals surface area contributed by atoms with E-state index in [9.17, 15) is 17.8 Å². The second-order valence-corrected chi connectivity index (χ2v) is 9.13. The number of nitrogens with one attached hydrogen (secondary N) is 1. The summed E-state index contributed by atoms with van der Waals surface area (Å²) in [5.74, 6) is 0. The van der Waals surface area contributed by atoms with Crippen LogP contribution in [0.4, 0.5) is 4.79 Å². The molecular formula is C17H14Cl2N2O4S2. The zero-order valence-electron chi connectivity index (χ0n) is 13.6. The van der Waals surface area contributed by atoms with Crippen LogP contribution in [0.1, 0.15) is 10.9 Å². The molecule has 10 heteroatoms. The summed E-state index contributed by atoms with van der Waals surface area (Å²) in [6, 6.07) is 15.6. The lowest BCUT2D eigenvalue weighted by Crippen LogP contribution is -2.50. The molecule has 0 radical (unpaired) electrons. The highest BCUT2D eigenvalue weighted by molar-refractivity contribution is 7.99. The van der Waals surface area contributed by atoms with Gasteiger partial charge in [-0.25, -0.2) is 4.79 Å². The molecule has 1 aliphatic rings. The summed E-state index contributed by atoms with van der Waals surface area (Å²) in [6.45, 7) is 0. The van der Waals surface area contributed by atoms with Gasteiger partial charge in [0, 0.05) is 16.1 Å². The predicted octanol–water partition coefficient (Wildman–Crippen LogP) is 4.45. The fraction of sp³-hybridized carbons (Fsp3) is 0.118. The summed E-state index contributed by atoms with van der Waals surface area (Å²) in [5.41, 5.74) is 0.804. The van der Waals surface area contributed by atoms with Crippen LogP contribution >= 0.6 is 35.0 Å². The molecular weight excluding hydrogens is 431 g/mol. The van der Waals surface area contributed by atoms with Gasteiger partial charge in [0.1, 0.15) is 5.37 Å². The number of rotatable bonds is 5. The first-order valence-corrected chi connectivity index (χ1v) is 10.8. The van der Waals surface area contributed by atoms with E-state index in [0.717, 1.165) is 10.5 Å². The average molecular weight is 445 g/mol. The molecule has 0 bridgehead atoms. The van der Waals surface area contributed by atoms with Crippen LogP contribution in [0.2, 0.25) is 5.02 Å². The van der Waals surface area contributed by atoms with E-state index in [1.54, 1.807) is 12.1 Å². The molecule has 1 aliphatic heterocycles. The first kappa shape index (κ1) is 20.0. The van der Waals surface area contributed by atoms with Crippen LogP contribution in [0.25, 0.3) is 0 Å². The smallest absolute Gasteiger partial charge is 0.314 e. The number of thioether (sulfide) groups is 1. The molecule has 0 aliphatic carbocycles. The van der Waals surface area contributed by atoms with Crippen LogP contribution in [-0.4, -0.2) is 29.3 Å². The lowest BCUT2D eigenvalue weighted by Gasteiger charge is -2.34. The molecule has 2 amide bonds. The van der Waals surface area contributed by atoms with Crippen LogP contribution in [0.15, 0.2) is 70.7 Å². The van der Waals surface area contributed by atoms with Crippen molar-refractivity contribution in [3.8, 4) is 0 Å². The molecule has 0 fully saturated rings. The lowest BCUT2D eigenvalue weighted by atomic mass is 10.2. The minimum absolute atomic E-state index is 0.213. The molecule has 0 spiro atoms. The zero-order valence-corrected chi connectivity index (χ0v) is 16.8. The summed E-state index contributed by atoms with van der Waals surface area (Å²) >= 11 is 13.3. The summed E-state index contributed by atoms with van der Waals surface area (Å²) in [7, 11) is -4.57. The van der Waals surface area contributed by atoms with Crippen molar-refractivity contribution in [3.05, 3.63) is 76.4 Å². The van der Waals surface area contributed by atoms with E-state index >= 15 is 0 Å². The van der Waals surface area contributed by atoms with Gasteiger partial charge in [0.05, 0.1) is 5.03 Å². The van der Waals surface area contributed by atoms with Crippen LogP contribution in [0.3, 0.4) is 0 Å². The van der Waals surface area contributed by atoms with E-state index in [1.165, 1.54) is 22.9 Å². The number of halogens is 2. The van der Waals surface area contributed by atoms with Gasteiger partial charge >= 0.3 is 6.03 Å². The summed E-state index contributed by atoms with van der Waals surface area (Å²) in [5, 5.41) is 0.385. The summed E-state index contributed by atoms with van der Waals surface area (Å²) < 4.78 is 32.0. The van der Waals surface area contributed by atoms with Crippen molar-refractivity contribution in [2.75, 3.05) is 0 Å². The van der Waals surface area contributed by atoms with E-state index in [2.05, 4.69) is 5.32 Å².